The van der Waals surface area contributed by atoms with Gasteiger partial charge in [-0.25, -0.2) is 0 Å². The van der Waals surface area contributed by atoms with Crippen LogP contribution < -0.4 is 5.32 Å². The number of nitrogens with one attached hydrogen (secondary N) is 1. The smallest absolute Gasteiger partial charge is 0.224 e. The molecule has 1 atom stereocenters. The molecule has 1 aliphatic heterocycles. The van der Waals surface area contributed by atoms with Gasteiger partial charge >= 0.3 is 0 Å². The minimum absolute atomic E-state index is 0.0215. The molecular weight excluding hydrogens is 340 g/mol. The van der Waals surface area contributed by atoms with Gasteiger partial charge in [0.1, 0.15) is 5.76 Å². The van der Waals surface area contributed by atoms with Crippen LogP contribution in [0.5, 0.6) is 0 Å². The molecule has 3 aromatic rings. The maximum Gasteiger partial charge on any atom is 0.224 e. The van der Waals surface area contributed by atoms with Gasteiger partial charge < -0.3 is 9.73 Å². The molecule has 6 heteroatoms. The number of para-hydroxylation sites is 1. The summed E-state index contributed by atoms with van der Waals surface area (Å²) in [4.78, 5) is 15.0. The Morgan fingerprint density at radius 2 is 2.19 bits per heavy atom. The molecule has 27 heavy (non-hydrogen) atoms. The zero-order chi connectivity index (χ0) is 18.6. The largest absolute Gasteiger partial charge is 0.468 e. The van der Waals surface area contributed by atoms with Crippen molar-refractivity contribution in [3.8, 4) is 0 Å². The van der Waals surface area contributed by atoms with Gasteiger partial charge in [-0.2, -0.15) is 5.10 Å². The van der Waals surface area contributed by atoms with E-state index in [1.54, 1.807) is 6.26 Å². The number of likely N-dealkylation sites (tertiary alicyclic amines) is 1. The number of nitrogens with zero attached hydrogens (tertiary/aromatic N) is 3. The third-order valence-electron chi connectivity index (χ3n) is 5.30. The summed E-state index contributed by atoms with van der Waals surface area (Å²) in [7, 11) is 0. The van der Waals surface area contributed by atoms with Crippen LogP contribution in [0.15, 0.2) is 47.1 Å². The molecule has 0 bridgehead atoms. The van der Waals surface area contributed by atoms with Gasteiger partial charge in [-0.1, -0.05) is 18.2 Å². The van der Waals surface area contributed by atoms with E-state index in [0.717, 1.165) is 61.4 Å². The van der Waals surface area contributed by atoms with Gasteiger partial charge in [0.05, 0.1) is 36.5 Å². The van der Waals surface area contributed by atoms with Gasteiger partial charge in [0.25, 0.3) is 0 Å². The Hall–Kier alpha value is -2.60. The molecule has 2 aromatic heterocycles. The van der Waals surface area contributed by atoms with Crippen LogP contribution in [0.3, 0.4) is 0 Å². The first-order chi connectivity index (χ1) is 13.2. The Morgan fingerprint density at radius 3 is 3.00 bits per heavy atom. The number of rotatable bonds is 6. The number of carbonyl (C=O) groups is 1. The van der Waals surface area contributed by atoms with E-state index in [0.29, 0.717) is 6.54 Å². The second-order valence-corrected chi connectivity index (χ2v) is 7.15. The summed E-state index contributed by atoms with van der Waals surface area (Å²) in [6.07, 6.45) is 3.67. The first kappa shape index (κ1) is 17.8. The number of aromatic nitrogens is 2. The topological polar surface area (TPSA) is 63.3 Å². The molecule has 142 valence electrons. The molecule has 0 radical (unpaired) electrons. The Balaban J connectivity index is 1.38. The summed E-state index contributed by atoms with van der Waals surface area (Å²) in [5.41, 5.74) is 2.05. The number of fused-ring (bicyclic) bond motifs is 1. The van der Waals surface area contributed by atoms with Crippen LogP contribution in [0, 0.1) is 5.92 Å². The number of benzene rings is 1. The Morgan fingerprint density at radius 1 is 1.30 bits per heavy atom. The number of aryl methyl sites for hydroxylation is 1. The van der Waals surface area contributed by atoms with Crippen molar-refractivity contribution in [3.05, 3.63) is 54.1 Å². The van der Waals surface area contributed by atoms with Crippen LogP contribution >= 0.6 is 0 Å². The molecule has 1 aliphatic rings. The minimum atomic E-state index is 0.0215. The molecular formula is C21H26N4O2. The highest BCUT2D eigenvalue weighted by Gasteiger charge is 2.26. The molecule has 1 fully saturated rings. The molecule has 6 nitrogen and oxygen atoms in total. The first-order valence-electron chi connectivity index (χ1n) is 9.71. The number of piperidine rings is 1. The standard InChI is InChI=1S/C21H26N4O2/c1-2-25-20-10-4-3-9-18(20)19(23-25)13-22-21(26)16-7-5-11-24(14-16)15-17-8-6-12-27-17/h3-4,6,8-10,12,16H,2,5,7,11,13-15H2,1H3,(H,22,26). The summed E-state index contributed by atoms with van der Waals surface area (Å²) < 4.78 is 7.43. The van der Waals surface area contributed by atoms with Crippen LogP contribution in [0.2, 0.25) is 0 Å². The molecule has 3 heterocycles. The SMILES string of the molecule is CCn1nc(CNC(=O)C2CCCN(Cc3ccco3)C2)c2ccccc21. The highest BCUT2D eigenvalue weighted by molar-refractivity contribution is 5.83. The quantitative estimate of drug-likeness (QED) is 0.728. The van der Waals surface area contributed by atoms with Gasteiger partial charge in [0.2, 0.25) is 5.91 Å². The van der Waals surface area contributed by atoms with E-state index >= 15 is 0 Å². The van der Waals surface area contributed by atoms with Crippen molar-refractivity contribution in [3.63, 3.8) is 0 Å². The zero-order valence-corrected chi connectivity index (χ0v) is 15.7. The van der Waals surface area contributed by atoms with Crippen molar-refractivity contribution >= 4 is 16.8 Å². The Bertz CT molecular complexity index is 900. The van der Waals surface area contributed by atoms with Crippen molar-refractivity contribution in [2.75, 3.05) is 13.1 Å². The lowest BCUT2D eigenvalue weighted by molar-refractivity contribution is -0.127. The number of carbonyl (C=O) groups excluding carboxylic acids is 1. The van der Waals surface area contributed by atoms with E-state index in [1.807, 2.05) is 28.9 Å². The highest BCUT2D eigenvalue weighted by atomic mass is 16.3. The van der Waals surface area contributed by atoms with Crippen molar-refractivity contribution < 1.29 is 9.21 Å². The van der Waals surface area contributed by atoms with Gasteiger partial charge in [-0.15, -0.1) is 0 Å². The molecule has 0 saturated carbocycles. The van der Waals surface area contributed by atoms with Crippen LogP contribution in [0.1, 0.15) is 31.2 Å². The third kappa shape index (κ3) is 3.90. The van der Waals surface area contributed by atoms with E-state index < -0.39 is 0 Å². The number of hydrogen-bond donors (Lipinski definition) is 1. The van der Waals surface area contributed by atoms with Crippen LogP contribution in [-0.4, -0.2) is 33.7 Å². The Kier molecular flexibility index (Phi) is 5.25. The first-order valence-corrected chi connectivity index (χ1v) is 9.71. The molecule has 1 saturated heterocycles. The average molecular weight is 366 g/mol. The van der Waals surface area contributed by atoms with Crippen LogP contribution in [0.4, 0.5) is 0 Å². The normalized spacial score (nSPS) is 18.0. The summed E-state index contributed by atoms with van der Waals surface area (Å²) in [6, 6.07) is 12.1. The van der Waals surface area contributed by atoms with E-state index in [4.69, 9.17) is 4.42 Å². The second-order valence-electron chi connectivity index (χ2n) is 7.15. The maximum absolute atomic E-state index is 12.7. The third-order valence-corrected chi connectivity index (χ3v) is 5.30. The summed E-state index contributed by atoms with van der Waals surface area (Å²) in [5.74, 6) is 1.09. The minimum Gasteiger partial charge on any atom is -0.468 e. The predicted octanol–water partition coefficient (Wildman–Crippen LogP) is 3.18. The number of furan rings is 1. The van der Waals surface area contributed by atoms with E-state index in [1.165, 1.54) is 0 Å². The lowest BCUT2D eigenvalue weighted by Crippen LogP contribution is -2.42. The van der Waals surface area contributed by atoms with Gasteiger partial charge in [0, 0.05) is 18.5 Å². The fourth-order valence-electron chi connectivity index (χ4n) is 3.92. The molecule has 1 unspecified atom stereocenters. The van der Waals surface area contributed by atoms with Crippen LogP contribution in [0.25, 0.3) is 10.9 Å². The van der Waals surface area contributed by atoms with Gasteiger partial charge in [-0.3, -0.25) is 14.4 Å². The molecule has 0 aliphatic carbocycles. The summed E-state index contributed by atoms with van der Waals surface area (Å²) in [5, 5.41) is 8.90. The summed E-state index contributed by atoms with van der Waals surface area (Å²) in [6.45, 7) is 5.92. The van der Waals surface area contributed by atoms with Crippen molar-refractivity contribution in [1.29, 1.82) is 0 Å². The summed E-state index contributed by atoms with van der Waals surface area (Å²) >= 11 is 0. The monoisotopic (exact) mass is 366 g/mol. The van der Waals surface area contributed by atoms with E-state index in [-0.39, 0.29) is 11.8 Å². The van der Waals surface area contributed by atoms with E-state index in [9.17, 15) is 4.79 Å². The van der Waals surface area contributed by atoms with Crippen molar-refractivity contribution in [2.24, 2.45) is 5.92 Å². The van der Waals surface area contributed by atoms with Crippen LogP contribution in [-0.2, 0) is 24.4 Å². The lowest BCUT2D eigenvalue weighted by Gasteiger charge is -2.31. The highest BCUT2D eigenvalue weighted by Crippen LogP contribution is 2.21. The fourth-order valence-corrected chi connectivity index (χ4v) is 3.92. The molecule has 4 rings (SSSR count). The molecule has 1 aromatic carbocycles. The zero-order valence-electron chi connectivity index (χ0n) is 15.7. The predicted molar refractivity (Wildman–Crippen MR) is 104 cm³/mol. The fraction of sp³-hybridized carbons (Fsp3) is 0.429. The van der Waals surface area contributed by atoms with E-state index in [2.05, 4.69) is 34.4 Å². The average Bonchev–Trinajstić information content (AvgIpc) is 3.34. The number of hydrogen-bond acceptors (Lipinski definition) is 4. The van der Waals surface area contributed by atoms with Gasteiger partial charge in [-0.05, 0) is 44.5 Å². The second kappa shape index (κ2) is 7.96. The van der Waals surface area contributed by atoms with Gasteiger partial charge in [0.15, 0.2) is 0 Å². The Labute approximate surface area is 159 Å². The maximum atomic E-state index is 12.7. The van der Waals surface area contributed by atoms with Crippen molar-refractivity contribution in [1.82, 2.24) is 20.0 Å². The molecule has 1 amide bonds. The molecule has 0 spiro atoms. The van der Waals surface area contributed by atoms with Crippen molar-refractivity contribution in [2.45, 2.75) is 39.4 Å². The lowest BCUT2D eigenvalue weighted by atomic mass is 9.97. The molecule has 1 N–H and O–H groups in total. The number of amides is 1.